The van der Waals surface area contributed by atoms with Crippen LogP contribution in [0.15, 0.2) is 36.9 Å². The Morgan fingerprint density at radius 1 is 1.46 bits per heavy atom. The molecular formula is C21H31N3O4. The summed E-state index contributed by atoms with van der Waals surface area (Å²) >= 11 is 0. The second kappa shape index (κ2) is 10.7. The number of methoxy groups -OCH3 is 1. The third-order valence-corrected chi connectivity index (χ3v) is 4.44. The van der Waals surface area contributed by atoms with E-state index < -0.39 is 0 Å². The molecular weight excluding hydrogens is 358 g/mol. The van der Waals surface area contributed by atoms with Gasteiger partial charge in [0.1, 0.15) is 5.75 Å². The van der Waals surface area contributed by atoms with Gasteiger partial charge in [0, 0.05) is 31.7 Å². The van der Waals surface area contributed by atoms with E-state index in [1.165, 1.54) is 0 Å². The Bertz CT molecular complexity index is 677. The van der Waals surface area contributed by atoms with Crippen LogP contribution in [0.3, 0.4) is 0 Å². The lowest BCUT2D eigenvalue weighted by atomic mass is 10.1. The molecule has 0 aliphatic carbocycles. The number of carbonyl (C=O) groups is 2. The molecule has 7 nitrogen and oxygen atoms in total. The molecule has 1 N–H and O–H groups in total. The van der Waals surface area contributed by atoms with Gasteiger partial charge in [-0.3, -0.25) is 4.79 Å². The smallest absolute Gasteiger partial charge is 0.317 e. The van der Waals surface area contributed by atoms with Crippen LogP contribution >= 0.6 is 0 Å². The molecule has 0 bridgehead atoms. The van der Waals surface area contributed by atoms with Gasteiger partial charge in [-0.15, -0.1) is 6.58 Å². The summed E-state index contributed by atoms with van der Waals surface area (Å²) in [4.78, 5) is 28.8. The largest absolute Gasteiger partial charge is 0.497 e. The second-order valence-corrected chi connectivity index (χ2v) is 7.25. The molecule has 0 aromatic heterocycles. The number of ether oxygens (including phenoxy) is 2. The zero-order valence-electron chi connectivity index (χ0n) is 17.0. The highest BCUT2D eigenvalue weighted by Crippen LogP contribution is 2.17. The molecule has 154 valence electrons. The monoisotopic (exact) mass is 389 g/mol. The molecule has 1 aliphatic heterocycles. The third kappa shape index (κ3) is 6.27. The highest BCUT2D eigenvalue weighted by molar-refractivity contribution is 5.94. The van der Waals surface area contributed by atoms with Crippen LogP contribution in [0, 0.1) is 5.92 Å². The van der Waals surface area contributed by atoms with E-state index in [9.17, 15) is 9.59 Å². The van der Waals surface area contributed by atoms with Crippen molar-refractivity contribution in [2.75, 3.05) is 46.4 Å². The fraction of sp³-hybridized carbons (Fsp3) is 0.524. The molecule has 7 heteroatoms. The molecule has 1 aromatic carbocycles. The normalized spacial score (nSPS) is 16.6. The number of rotatable bonds is 8. The Kier molecular flexibility index (Phi) is 8.32. The Morgan fingerprint density at radius 2 is 2.25 bits per heavy atom. The number of hydrogen-bond donors (Lipinski definition) is 1. The van der Waals surface area contributed by atoms with E-state index in [1.807, 2.05) is 12.1 Å². The van der Waals surface area contributed by atoms with Crippen LogP contribution in [-0.4, -0.2) is 74.3 Å². The van der Waals surface area contributed by atoms with Crippen molar-refractivity contribution in [3.8, 4) is 5.75 Å². The molecule has 2 rings (SSSR count). The number of nitrogens with one attached hydrogen (secondary N) is 1. The van der Waals surface area contributed by atoms with Crippen molar-refractivity contribution >= 4 is 11.9 Å². The maximum atomic E-state index is 13.1. The van der Waals surface area contributed by atoms with Crippen LogP contribution in [0.25, 0.3) is 0 Å². The average Bonchev–Trinajstić information content (AvgIpc) is 2.70. The van der Waals surface area contributed by atoms with Crippen molar-refractivity contribution in [1.82, 2.24) is 15.1 Å². The lowest BCUT2D eigenvalue weighted by molar-refractivity contribution is -0.0286. The molecule has 1 saturated heterocycles. The number of benzene rings is 1. The number of morpholine rings is 1. The van der Waals surface area contributed by atoms with Crippen LogP contribution in [0.1, 0.15) is 24.2 Å². The van der Waals surface area contributed by atoms with E-state index in [1.54, 1.807) is 35.1 Å². The fourth-order valence-corrected chi connectivity index (χ4v) is 3.15. The van der Waals surface area contributed by atoms with E-state index >= 15 is 0 Å². The van der Waals surface area contributed by atoms with E-state index in [0.717, 1.165) is 0 Å². The van der Waals surface area contributed by atoms with E-state index in [4.69, 9.17) is 9.47 Å². The van der Waals surface area contributed by atoms with Gasteiger partial charge in [0.2, 0.25) is 0 Å². The van der Waals surface area contributed by atoms with Gasteiger partial charge >= 0.3 is 6.03 Å². The molecule has 1 fully saturated rings. The van der Waals surface area contributed by atoms with Crippen molar-refractivity contribution in [1.29, 1.82) is 0 Å². The average molecular weight is 389 g/mol. The number of urea groups is 1. The number of amides is 3. The van der Waals surface area contributed by atoms with E-state index in [-0.39, 0.29) is 18.0 Å². The summed E-state index contributed by atoms with van der Waals surface area (Å²) in [5, 5.41) is 2.79. The summed E-state index contributed by atoms with van der Waals surface area (Å²) in [5.41, 5.74) is 0.580. The van der Waals surface area contributed by atoms with Crippen LogP contribution in [-0.2, 0) is 4.74 Å². The molecule has 28 heavy (non-hydrogen) atoms. The first-order valence-electron chi connectivity index (χ1n) is 9.63. The van der Waals surface area contributed by atoms with Gasteiger partial charge in [-0.2, -0.15) is 0 Å². The standard InChI is InChI=1S/C21H31N3O4/c1-5-9-22-21(26)23-10-11-28-19(14-23)15-24(13-16(2)3)20(25)17-7-6-8-18(12-17)27-4/h5-8,12,16,19H,1,9-11,13-15H2,2-4H3,(H,22,26)/t19-/m1/s1. The Balaban J connectivity index is 2.07. The van der Waals surface area contributed by atoms with Gasteiger partial charge in [0.15, 0.2) is 0 Å². The first-order chi connectivity index (χ1) is 13.4. The number of nitrogens with zero attached hydrogens (tertiary/aromatic N) is 2. The van der Waals surface area contributed by atoms with Crippen molar-refractivity contribution in [3.05, 3.63) is 42.5 Å². The van der Waals surface area contributed by atoms with Gasteiger partial charge in [-0.05, 0) is 24.1 Å². The minimum atomic E-state index is -0.225. The SMILES string of the molecule is C=CCNC(=O)N1CCO[C@@H](CN(CC(C)C)C(=O)c2cccc(OC)c2)C1. The van der Waals surface area contributed by atoms with Gasteiger partial charge in [0.05, 0.1) is 26.4 Å². The van der Waals surface area contributed by atoms with E-state index in [0.29, 0.717) is 56.6 Å². The molecule has 1 aliphatic rings. The lowest BCUT2D eigenvalue weighted by Crippen LogP contribution is -2.53. The predicted octanol–water partition coefficient (Wildman–Crippen LogP) is 2.39. The van der Waals surface area contributed by atoms with Crippen molar-refractivity contribution in [2.45, 2.75) is 20.0 Å². The van der Waals surface area contributed by atoms with Crippen LogP contribution < -0.4 is 10.1 Å². The minimum Gasteiger partial charge on any atom is -0.497 e. The molecule has 0 unspecified atom stereocenters. The quantitative estimate of drug-likeness (QED) is 0.693. The summed E-state index contributed by atoms with van der Waals surface area (Å²) in [5.74, 6) is 0.893. The summed E-state index contributed by atoms with van der Waals surface area (Å²) < 4.78 is 11.1. The summed E-state index contributed by atoms with van der Waals surface area (Å²) in [6.07, 6.45) is 1.42. The van der Waals surface area contributed by atoms with E-state index in [2.05, 4.69) is 25.7 Å². The van der Waals surface area contributed by atoms with Crippen LogP contribution in [0.5, 0.6) is 5.75 Å². The minimum absolute atomic E-state index is 0.0653. The van der Waals surface area contributed by atoms with Gasteiger partial charge in [-0.1, -0.05) is 26.0 Å². The Morgan fingerprint density at radius 3 is 2.93 bits per heavy atom. The zero-order chi connectivity index (χ0) is 20.5. The molecule has 3 amide bonds. The number of carbonyl (C=O) groups excluding carboxylic acids is 2. The topological polar surface area (TPSA) is 71.1 Å². The van der Waals surface area contributed by atoms with Gasteiger partial charge < -0.3 is 24.6 Å². The maximum absolute atomic E-state index is 13.1. The van der Waals surface area contributed by atoms with Crippen molar-refractivity contribution in [3.63, 3.8) is 0 Å². The van der Waals surface area contributed by atoms with Gasteiger partial charge in [-0.25, -0.2) is 4.79 Å². The second-order valence-electron chi connectivity index (χ2n) is 7.25. The van der Waals surface area contributed by atoms with Crippen LogP contribution in [0.4, 0.5) is 4.79 Å². The molecule has 1 aromatic rings. The number of hydrogen-bond acceptors (Lipinski definition) is 4. The van der Waals surface area contributed by atoms with Crippen molar-refractivity contribution in [2.24, 2.45) is 5.92 Å². The zero-order valence-corrected chi connectivity index (χ0v) is 17.0. The first kappa shape index (κ1) is 21.8. The molecule has 0 radical (unpaired) electrons. The highest BCUT2D eigenvalue weighted by atomic mass is 16.5. The fourth-order valence-electron chi connectivity index (χ4n) is 3.15. The first-order valence-corrected chi connectivity index (χ1v) is 9.63. The molecule has 1 heterocycles. The molecule has 0 saturated carbocycles. The predicted molar refractivity (Wildman–Crippen MR) is 109 cm³/mol. The Hall–Kier alpha value is -2.54. The summed E-state index contributed by atoms with van der Waals surface area (Å²) in [6.45, 7) is 10.7. The Labute approximate surface area is 167 Å². The van der Waals surface area contributed by atoms with Crippen molar-refractivity contribution < 1.29 is 19.1 Å². The maximum Gasteiger partial charge on any atom is 0.317 e. The summed E-state index contributed by atoms with van der Waals surface area (Å²) in [7, 11) is 1.58. The van der Waals surface area contributed by atoms with Gasteiger partial charge in [0.25, 0.3) is 5.91 Å². The third-order valence-electron chi connectivity index (χ3n) is 4.44. The summed E-state index contributed by atoms with van der Waals surface area (Å²) in [6, 6.07) is 7.01. The highest BCUT2D eigenvalue weighted by Gasteiger charge is 2.28. The lowest BCUT2D eigenvalue weighted by Gasteiger charge is -2.36. The van der Waals surface area contributed by atoms with Crippen LogP contribution in [0.2, 0.25) is 0 Å². The molecule has 1 atom stereocenters. The molecule has 0 spiro atoms.